The third-order valence-electron chi connectivity index (χ3n) is 3.02. The lowest BCUT2D eigenvalue weighted by Gasteiger charge is -2.35. The third-order valence-corrected chi connectivity index (χ3v) is 3.02. The van der Waals surface area contributed by atoms with Gasteiger partial charge in [-0.3, -0.25) is 4.90 Å². The molecule has 110 valence electrons. The molecule has 0 aromatic carbocycles. The van der Waals surface area contributed by atoms with Gasteiger partial charge in [0.05, 0.1) is 12.6 Å². The monoisotopic (exact) mass is 271 g/mol. The number of amides is 1. The van der Waals surface area contributed by atoms with E-state index in [4.69, 9.17) is 9.47 Å². The van der Waals surface area contributed by atoms with Crippen LogP contribution in [-0.2, 0) is 14.3 Å². The molecule has 1 unspecified atom stereocenters. The standard InChI is InChI=1S/C14H25NO4/c1-13(2,3)19-12(17)15-11(8-6-7-9-16)10-18-14(15,4)5/h9,11H,6-8,10H2,1-5H3. The van der Waals surface area contributed by atoms with Crippen molar-refractivity contribution < 1.29 is 19.1 Å². The number of carbonyl (C=O) groups excluding carboxylic acids is 2. The minimum Gasteiger partial charge on any atom is -0.444 e. The normalized spacial score (nSPS) is 22.4. The van der Waals surface area contributed by atoms with Gasteiger partial charge in [-0.1, -0.05) is 0 Å². The molecule has 1 aliphatic heterocycles. The molecule has 1 fully saturated rings. The molecule has 0 bridgehead atoms. The number of hydrogen-bond acceptors (Lipinski definition) is 4. The van der Waals surface area contributed by atoms with Gasteiger partial charge in [0, 0.05) is 6.42 Å². The lowest BCUT2D eigenvalue weighted by atomic mass is 10.1. The van der Waals surface area contributed by atoms with E-state index < -0.39 is 11.3 Å². The molecule has 0 aromatic heterocycles. The van der Waals surface area contributed by atoms with Crippen molar-refractivity contribution in [2.75, 3.05) is 6.61 Å². The zero-order valence-electron chi connectivity index (χ0n) is 12.6. The van der Waals surface area contributed by atoms with Crippen LogP contribution < -0.4 is 0 Å². The highest BCUT2D eigenvalue weighted by Gasteiger charge is 2.45. The van der Waals surface area contributed by atoms with Crippen LogP contribution >= 0.6 is 0 Å². The van der Waals surface area contributed by atoms with Gasteiger partial charge in [0.1, 0.15) is 17.6 Å². The summed E-state index contributed by atoms with van der Waals surface area (Å²) in [5.41, 5.74) is -1.18. The summed E-state index contributed by atoms with van der Waals surface area (Å²) in [6.45, 7) is 9.74. The molecule has 1 amide bonds. The molecule has 5 heteroatoms. The highest BCUT2D eigenvalue weighted by atomic mass is 16.6. The molecule has 1 atom stereocenters. The Hall–Kier alpha value is -1.10. The first-order valence-corrected chi connectivity index (χ1v) is 6.77. The fourth-order valence-electron chi connectivity index (χ4n) is 2.21. The maximum absolute atomic E-state index is 12.3. The van der Waals surface area contributed by atoms with E-state index in [2.05, 4.69) is 0 Å². The predicted octanol–water partition coefficient (Wildman–Crippen LogP) is 2.73. The van der Waals surface area contributed by atoms with Crippen molar-refractivity contribution in [3.05, 3.63) is 0 Å². The zero-order chi connectivity index (χ0) is 14.7. The molecule has 1 saturated heterocycles. The number of ether oxygens (including phenoxy) is 2. The average molecular weight is 271 g/mol. The SMILES string of the molecule is CC(C)(C)OC(=O)N1C(CCCC=O)COC1(C)C. The van der Waals surface area contributed by atoms with E-state index in [1.54, 1.807) is 4.90 Å². The fraction of sp³-hybridized carbons (Fsp3) is 0.857. The van der Waals surface area contributed by atoms with E-state index in [0.29, 0.717) is 13.0 Å². The van der Waals surface area contributed by atoms with Crippen molar-refractivity contribution >= 4 is 12.4 Å². The second-order valence-corrected chi connectivity index (χ2v) is 6.36. The van der Waals surface area contributed by atoms with Crippen LogP contribution in [0.2, 0.25) is 0 Å². The number of carbonyl (C=O) groups is 2. The van der Waals surface area contributed by atoms with Crippen molar-refractivity contribution in [1.82, 2.24) is 4.90 Å². The van der Waals surface area contributed by atoms with Crippen LogP contribution in [0.25, 0.3) is 0 Å². The van der Waals surface area contributed by atoms with E-state index in [0.717, 1.165) is 19.1 Å². The maximum atomic E-state index is 12.3. The van der Waals surface area contributed by atoms with Crippen LogP contribution in [0.3, 0.4) is 0 Å². The molecule has 1 aliphatic rings. The molecule has 0 radical (unpaired) electrons. The molecule has 0 aliphatic carbocycles. The average Bonchev–Trinajstić information content (AvgIpc) is 2.52. The molecule has 0 saturated carbocycles. The summed E-state index contributed by atoms with van der Waals surface area (Å²) in [6, 6.07) is -0.0233. The van der Waals surface area contributed by atoms with Crippen molar-refractivity contribution in [1.29, 1.82) is 0 Å². The van der Waals surface area contributed by atoms with Crippen molar-refractivity contribution in [2.45, 2.75) is 71.2 Å². The lowest BCUT2D eigenvalue weighted by Crippen LogP contribution is -2.49. The molecule has 0 aromatic rings. The molecule has 19 heavy (non-hydrogen) atoms. The summed E-state index contributed by atoms with van der Waals surface area (Å²) in [5, 5.41) is 0. The summed E-state index contributed by atoms with van der Waals surface area (Å²) in [4.78, 5) is 24.3. The number of hydrogen-bond donors (Lipinski definition) is 0. The highest BCUT2D eigenvalue weighted by molar-refractivity contribution is 5.69. The van der Waals surface area contributed by atoms with Crippen LogP contribution in [0.15, 0.2) is 0 Å². The number of nitrogens with zero attached hydrogens (tertiary/aromatic N) is 1. The number of rotatable bonds is 4. The molecule has 0 spiro atoms. The van der Waals surface area contributed by atoms with Crippen LogP contribution in [0.5, 0.6) is 0 Å². The van der Waals surface area contributed by atoms with E-state index in [-0.39, 0.29) is 12.1 Å². The summed E-state index contributed by atoms with van der Waals surface area (Å²) in [6.07, 6.45) is 2.57. The van der Waals surface area contributed by atoms with Gasteiger partial charge >= 0.3 is 6.09 Å². The number of aldehydes is 1. The van der Waals surface area contributed by atoms with Crippen molar-refractivity contribution in [3.63, 3.8) is 0 Å². The molecular formula is C14H25NO4. The van der Waals surface area contributed by atoms with Crippen molar-refractivity contribution in [3.8, 4) is 0 Å². The summed E-state index contributed by atoms with van der Waals surface area (Å²) < 4.78 is 11.1. The van der Waals surface area contributed by atoms with Gasteiger partial charge in [0.2, 0.25) is 0 Å². The van der Waals surface area contributed by atoms with E-state index in [1.165, 1.54) is 0 Å². The Kier molecular flexibility index (Phi) is 4.96. The Morgan fingerprint density at radius 3 is 2.63 bits per heavy atom. The van der Waals surface area contributed by atoms with Crippen LogP contribution in [0.1, 0.15) is 53.9 Å². The predicted molar refractivity (Wildman–Crippen MR) is 71.8 cm³/mol. The lowest BCUT2D eigenvalue weighted by molar-refractivity contribution is -0.107. The van der Waals surface area contributed by atoms with Gasteiger partial charge in [0.25, 0.3) is 0 Å². The maximum Gasteiger partial charge on any atom is 0.412 e. The van der Waals surface area contributed by atoms with Crippen LogP contribution in [0.4, 0.5) is 4.79 Å². The summed E-state index contributed by atoms with van der Waals surface area (Å²) in [5.74, 6) is 0. The molecular weight excluding hydrogens is 246 g/mol. The molecule has 1 rings (SSSR count). The smallest absolute Gasteiger partial charge is 0.412 e. The van der Waals surface area contributed by atoms with Gasteiger partial charge in [-0.2, -0.15) is 0 Å². The van der Waals surface area contributed by atoms with Gasteiger partial charge in [-0.25, -0.2) is 4.79 Å². The highest BCUT2D eigenvalue weighted by Crippen LogP contribution is 2.31. The van der Waals surface area contributed by atoms with Gasteiger partial charge in [-0.15, -0.1) is 0 Å². The molecule has 5 nitrogen and oxygen atoms in total. The minimum atomic E-state index is -0.659. The summed E-state index contributed by atoms with van der Waals surface area (Å²) >= 11 is 0. The Balaban J connectivity index is 2.72. The topological polar surface area (TPSA) is 55.8 Å². The molecule has 0 N–H and O–H groups in total. The first-order chi connectivity index (χ1) is 8.67. The van der Waals surface area contributed by atoms with E-state index in [1.807, 2.05) is 34.6 Å². The van der Waals surface area contributed by atoms with Crippen LogP contribution in [-0.4, -0.2) is 41.3 Å². The summed E-state index contributed by atoms with van der Waals surface area (Å²) in [7, 11) is 0. The van der Waals surface area contributed by atoms with Crippen LogP contribution in [0, 0.1) is 0 Å². The Bertz CT molecular complexity index is 333. The quantitative estimate of drug-likeness (QED) is 0.582. The third kappa shape index (κ3) is 4.49. The van der Waals surface area contributed by atoms with E-state index in [9.17, 15) is 9.59 Å². The second kappa shape index (κ2) is 5.90. The Morgan fingerprint density at radius 1 is 1.47 bits per heavy atom. The fourth-order valence-corrected chi connectivity index (χ4v) is 2.21. The van der Waals surface area contributed by atoms with E-state index >= 15 is 0 Å². The Labute approximate surface area is 115 Å². The first kappa shape index (κ1) is 16.0. The largest absolute Gasteiger partial charge is 0.444 e. The number of unbranched alkanes of at least 4 members (excludes halogenated alkanes) is 1. The van der Waals surface area contributed by atoms with Gasteiger partial charge < -0.3 is 14.3 Å². The Morgan fingerprint density at radius 2 is 2.11 bits per heavy atom. The van der Waals surface area contributed by atoms with Gasteiger partial charge in [0.15, 0.2) is 0 Å². The minimum absolute atomic E-state index is 0.0233. The van der Waals surface area contributed by atoms with Crippen molar-refractivity contribution in [2.24, 2.45) is 0 Å². The molecule has 1 heterocycles. The zero-order valence-corrected chi connectivity index (χ0v) is 12.6. The first-order valence-electron chi connectivity index (χ1n) is 6.77. The second-order valence-electron chi connectivity index (χ2n) is 6.36. The van der Waals surface area contributed by atoms with Gasteiger partial charge in [-0.05, 0) is 47.5 Å².